The van der Waals surface area contributed by atoms with Crippen LogP contribution in [0.1, 0.15) is 43.2 Å². The molecule has 6 rings (SSSR count). The molecular weight excluding hydrogens is 480 g/mol. The second-order valence-electron chi connectivity index (χ2n) is 9.39. The number of hydrogen-bond donors (Lipinski definition) is 0. The average molecular weight is 507 g/mol. The van der Waals surface area contributed by atoms with Crippen molar-refractivity contribution < 1.29 is 18.8 Å². The number of hydrogen-bond acceptors (Lipinski definition) is 6. The molecule has 9 heteroatoms. The molecule has 36 heavy (non-hydrogen) atoms. The third-order valence-corrected chi connectivity index (χ3v) is 7.40. The van der Waals surface area contributed by atoms with E-state index in [4.69, 9.17) is 30.6 Å². The van der Waals surface area contributed by atoms with E-state index in [1.165, 1.54) is 0 Å². The van der Waals surface area contributed by atoms with Gasteiger partial charge in [-0.15, -0.1) is 0 Å². The number of fused-ring (bicyclic) bond motifs is 1. The zero-order valence-electron chi connectivity index (χ0n) is 20.2. The molecule has 2 atom stereocenters. The normalized spacial score (nSPS) is 20.1. The highest BCUT2D eigenvalue weighted by molar-refractivity contribution is 6.32. The second kappa shape index (κ2) is 9.26. The molecule has 4 aromatic rings. The van der Waals surface area contributed by atoms with E-state index in [9.17, 15) is 4.79 Å². The Balaban J connectivity index is 1.42. The first-order valence-electron chi connectivity index (χ1n) is 12.2. The number of imidazole rings is 1. The number of carbonyl (C=O) groups excluding carboxylic acids is 1. The van der Waals surface area contributed by atoms with Gasteiger partial charge >= 0.3 is 0 Å². The summed E-state index contributed by atoms with van der Waals surface area (Å²) in [5, 5.41) is 5.51. The Bertz CT molecular complexity index is 1440. The fraction of sp³-hybridized carbons (Fsp3) is 0.370. The van der Waals surface area contributed by atoms with Crippen molar-refractivity contribution in [2.45, 2.75) is 51.3 Å². The Labute approximate surface area is 213 Å². The Morgan fingerprint density at radius 1 is 1.19 bits per heavy atom. The molecule has 0 aliphatic carbocycles. The molecule has 2 aliphatic rings. The Hall–Kier alpha value is -3.36. The van der Waals surface area contributed by atoms with E-state index in [0.717, 1.165) is 58.9 Å². The number of rotatable bonds is 6. The van der Waals surface area contributed by atoms with Gasteiger partial charge in [0.05, 0.1) is 42.2 Å². The summed E-state index contributed by atoms with van der Waals surface area (Å²) < 4.78 is 18.8. The molecule has 2 saturated heterocycles. The van der Waals surface area contributed by atoms with E-state index < -0.39 is 0 Å². The number of nitrogens with zero attached hydrogens (tertiary/aromatic N) is 4. The molecule has 0 spiro atoms. The van der Waals surface area contributed by atoms with Gasteiger partial charge in [-0.1, -0.05) is 16.8 Å². The summed E-state index contributed by atoms with van der Waals surface area (Å²) in [5.41, 5.74) is 4.15. The highest BCUT2D eigenvalue weighted by Gasteiger charge is 2.37. The van der Waals surface area contributed by atoms with Crippen molar-refractivity contribution in [1.29, 1.82) is 0 Å². The molecule has 186 valence electrons. The van der Waals surface area contributed by atoms with E-state index in [-0.39, 0.29) is 18.1 Å². The summed E-state index contributed by atoms with van der Waals surface area (Å²) in [7, 11) is 1.58. The van der Waals surface area contributed by atoms with Crippen LogP contribution in [0.25, 0.3) is 22.2 Å². The highest BCUT2D eigenvalue weighted by Crippen LogP contribution is 2.40. The summed E-state index contributed by atoms with van der Waals surface area (Å²) in [4.78, 5) is 20.0. The number of ether oxygens (including phenoxy) is 2. The van der Waals surface area contributed by atoms with E-state index in [2.05, 4.69) is 22.0 Å². The van der Waals surface area contributed by atoms with Crippen molar-refractivity contribution in [3.05, 3.63) is 59.1 Å². The maximum absolute atomic E-state index is 13.1. The summed E-state index contributed by atoms with van der Waals surface area (Å²) in [6, 6.07) is 11.2. The number of carbonyl (C=O) groups is 1. The topological polar surface area (TPSA) is 82.6 Å². The maximum atomic E-state index is 13.1. The minimum atomic E-state index is -0.210. The third kappa shape index (κ3) is 4.04. The third-order valence-electron chi connectivity index (χ3n) is 7.10. The number of aromatic nitrogens is 3. The van der Waals surface area contributed by atoms with Gasteiger partial charge in [0.2, 0.25) is 5.91 Å². The van der Waals surface area contributed by atoms with E-state index in [0.29, 0.717) is 30.2 Å². The van der Waals surface area contributed by atoms with Gasteiger partial charge in [0.15, 0.2) is 5.58 Å². The lowest BCUT2D eigenvalue weighted by atomic mass is 10.1. The molecule has 2 fully saturated rings. The fourth-order valence-electron chi connectivity index (χ4n) is 5.26. The van der Waals surface area contributed by atoms with Crippen molar-refractivity contribution >= 4 is 34.2 Å². The number of aryl methyl sites for hydroxylation is 1. The molecule has 1 amide bonds. The van der Waals surface area contributed by atoms with Crippen LogP contribution in [0.3, 0.4) is 0 Å². The minimum absolute atomic E-state index is 0.0518. The first-order chi connectivity index (χ1) is 17.5. The number of benzene rings is 2. The van der Waals surface area contributed by atoms with Gasteiger partial charge in [0.25, 0.3) is 0 Å². The lowest BCUT2D eigenvalue weighted by Gasteiger charge is -2.26. The average Bonchev–Trinajstić information content (AvgIpc) is 3.67. The quantitative estimate of drug-likeness (QED) is 0.333. The smallest absolute Gasteiger partial charge is 0.227 e. The van der Waals surface area contributed by atoms with E-state index in [1.807, 2.05) is 30.0 Å². The molecule has 0 radical (unpaired) electrons. The Morgan fingerprint density at radius 2 is 2.08 bits per heavy atom. The standard InChI is InChI=1S/C27H27ClN4O4/c1-16-20-12-17(5-8-24(20)36-30-16)22-15-31(14-19-4-3-11-35-19)27(29-22)23-7-10-26(33)32(23)18-6-9-25(34-2)21(28)13-18/h5-6,8-9,12-13,15,19,23H,3-4,7,10-11,14H2,1-2H3/t19?,23-/m0/s1. The molecule has 2 aromatic carbocycles. The van der Waals surface area contributed by atoms with Gasteiger partial charge in [0, 0.05) is 35.9 Å². The summed E-state index contributed by atoms with van der Waals surface area (Å²) >= 11 is 6.42. The minimum Gasteiger partial charge on any atom is -0.495 e. The molecular formula is C27H27ClN4O4. The van der Waals surface area contributed by atoms with Crippen LogP contribution in [0.5, 0.6) is 5.75 Å². The van der Waals surface area contributed by atoms with E-state index in [1.54, 1.807) is 19.2 Å². The number of amides is 1. The first kappa shape index (κ1) is 23.1. The lowest BCUT2D eigenvalue weighted by molar-refractivity contribution is -0.117. The van der Waals surface area contributed by atoms with Gasteiger partial charge in [-0.2, -0.15) is 0 Å². The zero-order valence-corrected chi connectivity index (χ0v) is 21.0. The van der Waals surface area contributed by atoms with Crippen LogP contribution in [-0.2, 0) is 16.1 Å². The predicted octanol–water partition coefficient (Wildman–Crippen LogP) is 5.71. The van der Waals surface area contributed by atoms with Crippen LogP contribution in [0.2, 0.25) is 5.02 Å². The van der Waals surface area contributed by atoms with Crippen LogP contribution in [0.15, 0.2) is 47.1 Å². The maximum Gasteiger partial charge on any atom is 0.227 e. The SMILES string of the molecule is COc1ccc(N2C(=O)CC[C@H]2c2nc(-c3ccc4onc(C)c4c3)cn2CC2CCCO2)cc1Cl. The molecule has 8 nitrogen and oxygen atoms in total. The van der Waals surface area contributed by atoms with E-state index >= 15 is 0 Å². The van der Waals surface area contributed by atoms with Crippen LogP contribution in [-0.4, -0.2) is 40.4 Å². The van der Waals surface area contributed by atoms with Crippen molar-refractivity contribution in [3.63, 3.8) is 0 Å². The van der Waals surface area contributed by atoms with Gasteiger partial charge in [-0.05, 0) is 62.6 Å². The summed E-state index contributed by atoms with van der Waals surface area (Å²) in [6.07, 6.45) is 5.40. The van der Waals surface area contributed by atoms with Gasteiger partial charge in [-0.25, -0.2) is 4.98 Å². The van der Waals surface area contributed by atoms with Crippen molar-refractivity contribution in [2.24, 2.45) is 0 Å². The Kier molecular flexibility index (Phi) is 5.93. The van der Waals surface area contributed by atoms with Crippen LogP contribution < -0.4 is 9.64 Å². The molecule has 4 heterocycles. The summed E-state index contributed by atoms with van der Waals surface area (Å²) in [5.74, 6) is 1.47. The molecule has 0 N–H and O–H groups in total. The molecule has 0 saturated carbocycles. The highest BCUT2D eigenvalue weighted by atomic mass is 35.5. The van der Waals surface area contributed by atoms with Crippen molar-refractivity contribution in [2.75, 3.05) is 18.6 Å². The number of anilines is 1. The van der Waals surface area contributed by atoms with Crippen LogP contribution in [0, 0.1) is 6.92 Å². The molecule has 1 unspecified atom stereocenters. The molecule has 0 bridgehead atoms. The molecule has 2 aromatic heterocycles. The van der Waals surface area contributed by atoms with Crippen LogP contribution >= 0.6 is 11.6 Å². The first-order valence-corrected chi connectivity index (χ1v) is 12.6. The van der Waals surface area contributed by atoms with Gasteiger partial charge in [-0.3, -0.25) is 4.79 Å². The fourth-order valence-corrected chi connectivity index (χ4v) is 5.52. The lowest BCUT2D eigenvalue weighted by Crippen LogP contribution is -2.30. The second-order valence-corrected chi connectivity index (χ2v) is 9.79. The number of methoxy groups -OCH3 is 1. The van der Waals surface area contributed by atoms with Crippen molar-refractivity contribution in [1.82, 2.24) is 14.7 Å². The van der Waals surface area contributed by atoms with Gasteiger partial charge < -0.3 is 23.5 Å². The zero-order chi connectivity index (χ0) is 24.8. The predicted molar refractivity (Wildman–Crippen MR) is 136 cm³/mol. The van der Waals surface area contributed by atoms with Crippen LogP contribution in [0.4, 0.5) is 5.69 Å². The number of halogens is 1. The van der Waals surface area contributed by atoms with Gasteiger partial charge in [0.1, 0.15) is 11.6 Å². The monoisotopic (exact) mass is 506 g/mol. The van der Waals surface area contributed by atoms with Crippen molar-refractivity contribution in [3.8, 4) is 17.0 Å². The summed E-state index contributed by atoms with van der Waals surface area (Å²) in [6.45, 7) is 3.40. The largest absolute Gasteiger partial charge is 0.495 e. The Morgan fingerprint density at radius 3 is 2.86 bits per heavy atom. The molecule has 2 aliphatic heterocycles.